The summed E-state index contributed by atoms with van der Waals surface area (Å²) >= 11 is 0. The number of hydrogen-bond acceptors (Lipinski definition) is 5. The molecule has 7 nitrogen and oxygen atoms in total. The van der Waals surface area contributed by atoms with Gasteiger partial charge in [0.2, 0.25) is 5.91 Å². The first-order chi connectivity index (χ1) is 16.1. The highest BCUT2D eigenvalue weighted by molar-refractivity contribution is 5.89. The normalized spacial score (nSPS) is 19.1. The van der Waals surface area contributed by atoms with Crippen LogP contribution in [0.2, 0.25) is 0 Å². The number of ether oxygens (including phenoxy) is 2. The van der Waals surface area contributed by atoms with Gasteiger partial charge in [0, 0.05) is 6.54 Å². The Bertz CT molecular complexity index is 972. The van der Waals surface area contributed by atoms with Gasteiger partial charge in [-0.05, 0) is 57.6 Å². The lowest BCUT2D eigenvalue weighted by Crippen LogP contribution is -2.56. The van der Waals surface area contributed by atoms with E-state index >= 15 is 0 Å². The van der Waals surface area contributed by atoms with Crippen LogP contribution in [-0.4, -0.2) is 47.1 Å². The number of hydrogen-bond donors (Lipinski definition) is 1. The molecule has 0 aliphatic carbocycles. The molecule has 1 N–H and O–H groups in total. The van der Waals surface area contributed by atoms with Gasteiger partial charge in [-0.2, -0.15) is 0 Å². The van der Waals surface area contributed by atoms with E-state index in [9.17, 15) is 14.4 Å². The molecule has 0 spiro atoms. The van der Waals surface area contributed by atoms with Crippen LogP contribution in [0.3, 0.4) is 0 Å². The average molecular weight is 467 g/mol. The fourth-order valence-corrected chi connectivity index (χ4v) is 4.00. The Hall–Kier alpha value is -3.35. The first-order valence-corrected chi connectivity index (χ1v) is 11.7. The molecule has 3 rings (SSSR count). The number of esters is 1. The van der Waals surface area contributed by atoms with Crippen molar-refractivity contribution in [1.29, 1.82) is 0 Å². The van der Waals surface area contributed by atoms with Crippen molar-refractivity contribution < 1.29 is 23.9 Å². The van der Waals surface area contributed by atoms with Crippen molar-refractivity contribution in [2.75, 3.05) is 6.54 Å². The average Bonchev–Trinajstić information content (AvgIpc) is 2.82. The van der Waals surface area contributed by atoms with Crippen LogP contribution >= 0.6 is 0 Å². The lowest BCUT2D eigenvalue weighted by atomic mass is 9.85. The number of carbonyl (C=O) groups is 3. The summed E-state index contributed by atoms with van der Waals surface area (Å²) < 4.78 is 10.9. The monoisotopic (exact) mass is 466 g/mol. The summed E-state index contributed by atoms with van der Waals surface area (Å²) in [5.41, 5.74) is 1.31. The zero-order valence-corrected chi connectivity index (χ0v) is 20.3. The Morgan fingerprint density at radius 3 is 2.26 bits per heavy atom. The van der Waals surface area contributed by atoms with Gasteiger partial charge in [-0.1, -0.05) is 60.7 Å². The highest BCUT2D eigenvalue weighted by Crippen LogP contribution is 2.32. The molecule has 0 bridgehead atoms. The van der Waals surface area contributed by atoms with E-state index in [2.05, 4.69) is 5.32 Å². The zero-order valence-electron chi connectivity index (χ0n) is 20.3. The number of carbonyl (C=O) groups excluding carboxylic acids is 3. The van der Waals surface area contributed by atoms with E-state index < -0.39 is 35.7 Å². The summed E-state index contributed by atoms with van der Waals surface area (Å²) in [7, 11) is 0. The standard InChI is InChI=1S/C27H34N2O5/c1-19(25(31)33-18-20-11-7-5-8-12-20)28-24(30)23-17-22(21-13-9-6-10-14-21)15-16-29(23)26(32)34-27(2,3)4/h5-14,19,22-23H,15-18H2,1-4H3,(H,28,30)/t19-,22-,23+/m0/s1. The third kappa shape index (κ3) is 7.07. The SMILES string of the molecule is C[C@H](NC(=O)[C@H]1C[C@@H](c2ccccc2)CCN1C(=O)OC(C)(C)C)C(=O)OCc1ccccc1. The minimum absolute atomic E-state index is 0.121. The third-order valence-corrected chi connectivity index (χ3v) is 5.74. The third-order valence-electron chi connectivity index (χ3n) is 5.74. The maximum absolute atomic E-state index is 13.3. The Morgan fingerprint density at radius 2 is 1.65 bits per heavy atom. The van der Waals surface area contributed by atoms with Crippen molar-refractivity contribution in [2.24, 2.45) is 0 Å². The first kappa shape index (κ1) is 25.3. The number of benzene rings is 2. The molecular weight excluding hydrogens is 432 g/mol. The van der Waals surface area contributed by atoms with Crippen molar-refractivity contribution >= 4 is 18.0 Å². The van der Waals surface area contributed by atoms with Crippen molar-refractivity contribution in [1.82, 2.24) is 10.2 Å². The Labute approximate surface area is 201 Å². The quantitative estimate of drug-likeness (QED) is 0.637. The minimum atomic E-state index is -0.853. The van der Waals surface area contributed by atoms with Gasteiger partial charge in [-0.25, -0.2) is 9.59 Å². The first-order valence-electron chi connectivity index (χ1n) is 11.7. The number of nitrogens with zero attached hydrogens (tertiary/aromatic N) is 1. The molecule has 1 aliphatic rings. The van der Waals surface area contributed by atoms with Gasteiger partial charge >= 0.3 is 12.1 Å². The Kier molecular flexibility index (Phi) is 8.31. The van der Waals surface area contributed by atoms with Crippen LogP contribution in [0.25, 0.3) is 0 Å². The molecule has 1 heterocycles. The molecule has 2 amide bonds. The summed E-state index contributed by atoms with van der Waals surface area (Å²) in [6, 6.07) is 17.7. The van der Waals surface area contributed by atoms with Gasteiger partial charge < -0.3 is 14.8 Å². The highest BCUT2D eigenvalue weighted by atomic mass is 16.6. The predicted octanol–water partition coefficient (Wildman–Crippen LogP) is 4.42. The molecule has 0 radical (unpaired) electrons. The summed E-state index contributed by atoms with van der Waals surface area (Å²) in [6.07, 6.45) is 0.640. The zero-order chi connectivity index (χ0) is 24.7. The van der Waals surface area contributed by atoms with E-state index in [4.69, 9.17) is 9.47 Å². The molecule has 34 heavy (non-hydrogen) atoms. The minimum Gasteiger partial charge on any atom is -0.459 e. The second kappa shape index (κ2) is 11.2. The van der Waals surface area contributed by atoms with Crippen LogP contribution in [0.4, 0.5) is 4.79 Å². The van der Waals surface area contributed by atoms with Crippen LogP contribution in [0.5, 0.6) is 0 Å². The van der Waals surface area contributed by atoms with Crippen molar-refractivity contribution in [3.05, 3.63) is 71.8 Å². The number of amides is 2. The molecule has 1 saturated heterocycles. The van der Waals surface area contributed by atoms with E-state index in [-0.39, 0.29) is 12.5 Å². The molecule has 0 saturated carbocycles. The van der Waals surface area contributed by atoms with Gasteiger partial charge in [0.25, 0.3) is 0 Å². The second-order valence-electron chi connectivity index (χ2n) is 9.65. The second-order valence-corrected chi connectivity index (χ2v) is 9.65. The lowest BCUT2D eigenvalue weighted by molar-refractivity contribution is -0.149. The Morgan fingerprint density at radius 1 is 1.03 bits per heavy atom. The maximum atomic E-state index is 13.3. The summed E-state index contributed by atoms with van der Waals surface area (Å²) in [4.78, 5) is 40.1. The topological polar surface area (TPSA) is 84.9 Å². The summed E-state index contributed by atoms with van der Waals surface area (Å²) in [5.74, 6) is -0.803. The number of nitrogens with one attached hydrogen (secondary N) is 1. The van der Waals surface area contributed by atoms with Crippen molar-refractivity contribution in [2.45, 2.75) is 70.7 Å². The highest BCUT2D eigenvalue weighted by Gasteiger charge is 2.39. The molecule has 1 fully saturated rings. The van der Waals surface area contributed by atoms with E-state index in [1.165, 1.54) is 4.90 Å². The Balaban J connectivity index is 1.68. The molecule has 182 valence electrons. The number of rotatable bonds is 6. The van der Waals surface area contributed by atoms with Crippen LogP contribution in [-0.2, 0) is 25.7 Å². The van der Waals surface area contributed by atoms with E-state index in [1.807, 2.05) is 60.7 Å². The fraction of sp³-hybridized carbons (Fsp3) is 0.444. The lowest BCUT2D eigenvalue weighted by Gasteiger charge is -2.39. The summed E-state index contributed by atoms with van der Waals surface area (Å²) in [6.45, 7) is 7.48. The molecule has 1 aliphatic heterocycles. The number of piperidine rings is 1. The molecule has 0 unspecified atom stereocenters. The van der Waals surface area contributed by atoms with Crippen LogP contribution < -0.4 is 5.32 Å². The molecular formula is C27H34N2O5. The van der Waals surface area contributed by atoms with E-state index in [0.29, 0.717) is 13.0 Å². The molecule has 7 heteroatoms. The van der Waals surface area contributed by atoms with Crippen LogP contribution in [0, 0.1) is 0 Å². The van der Waals surface area contributed by atoms with Crippen molar-refractivity contribution in [3.63, 3.8) is 0 Å². The van der Waals surface area contributed by atoms with Crippen LogP contribution in [0.1, 0.15) is 57.6 Å². The molecule has 0 aromatic heterocycles. The van der Waals surface area contributed by atoms with Gasteiger partial charge in [-0.3, -0.25) is 9.69 Å². The van der Waals surface area contributed by atoms with E-state index in [0.717, 1.165) is 17.5 Å². The molecule has 2 aromatic rings. The number of likely N-dealkylation sites (tertiary alicyclic amines) is 1. The predicted molar refractivity (Wildman–Crippen MR) is 129 cm³/mol. The van der Waals surface area contributed by atoms with Crippen LogP contribution in [0.15, 0.2) is 60.7 Å². The van der Waals surface area contributed by atoms with E-state index in [1.54, 1.807) is 27.7 Å². The van der Waals surface area contributed by atoms with Crippen molar-refractivity contribution in [3.8, 4) is 0 Å². The molecule has 2 aromatic carbocycles. The van der Waals surface area contributed by atoms with Gasteiger partial charge in [0.1, 0.15) is 24.3 Å². The maximum Gasteiger partial charge on any atom is 0.410 e. The van der Waals surface area contributed by atoms with Gasteiger partial charge in [0.05, 0.1) is 0 Å². The fourth-order valence-electron chi connectivity index (χ4n) is 4.00. The summed E-state index contributed by atoms with van der Waals surface area (Å²) in [5, 5.41) is 2.74. The largest absolute Gasteiger partial charge is 0.459 e. The smallest absolute Gasteiger partial charge is 0.410 e. The van der Waals surface area contributed by atoms with Gasteiger partial charge in [0.15, 0.2) is 0 Å². The van der Waals surface area contributed by atoms with Gasteiger partial charge in [-0.15, -0.1) is 0 Å². The molecule has 3 atom stereocenters.